The maximum Gasteiger partial charge on any atom is 0.254 e. The van der Waals surface area contributed by atoms with Crippen LogP contribution in [0.1, 0.15) is 23.7 Å². The Balaban J connectivity index is 1.86. The van der Waals surface area contributed by atoms with Gasteiger partial charge in [0.05, 0.1) is 11.8 Å². The molecule has 2 N–H and O–H groups in total. The first kappa shape index (κ1) is 14.9. The van der Waals surface area contributed by atoms with Gasteiger partial charge in [-0.25, -0.2) is 9.37 Å². The van der Waals surface area contributed by atoms with Gasteiger partial charge in [0, 0.05) is 32.0 Å². The van der Waals surface area contributed by atoms with Crippen LogP contribution in [0, 0.1) is 5.82 Å². The van der Waals surface area contributed by atoms with Crippen LogP contribution >= 0.6 is 0 Å². The zero-order valence-corrected chi connectivity index (χ0v) is 11.7. The summed E-state index contributed by atoms with van der Waals surface area (Å²) in [7, 11) is 0. The first-order chi connectivity index (χ1) is 10.2. The monoisotopic (exact) mass is 292 g/mol. The van der Waals surface area contributed by atoms with Gasteiger partial charge in [-0.1, -0.05) is 5.21 Å². The molecule has 0 aliphatic rings. The van der Waals surface area contributed by atoms with Gasteiger partial charge >= 0.3 is 0 Å². The maximum atomic E-state index is 14.0. The molecule has 1 amide bonds. The summed E-state index contributed by atoms with van der Waals surface area (Å²) in [6.45, 7) is 3.43. The SMILES string of the molecule is CCNc1nccc(C(=O)NCCCn2ccnn2)c1F. The van der Waals surface area contributed by atoms with Crippen LogP contribution in [0.15, 0.2) is 24.7 Å². The summed E-state index contributed by atoms with van der Waals surface area (Å²) in [4.78, 5) is 15.8. The van der Waals surface area contributed by atoms with E-state index in [9.17, 15) is 9.18 Å². The van der Waals surface area contributed by atoms with Gasteiger partial charge in [-0.15, -0.1) is 5.10 Å². The molecule has 21 heavy (non-hydrogen) atoms. The van der Waals surface area contributed by atoms with E-state index in [4.69, 9.17) is 0 Å². The Morgan fingerprint density at radius 3 is 3.00 bits per heavy atom. The Kier molecular flexibility index (Phi) is 5.19. The molecule has 2 aromatic rings. The van der Waals surface area contributed by atoms with E-state index in [1.165, 1.54) is 12.3 Å². The number of nitrogens with one attached hydrogen (secondary N) is 2. The average Bonchev–Trinajstić information content (AvgIpc) is 2.99. The number of aromatic nitrogens is 4. The average molecular weight is 292 g/mol. The molecule has 0 aliphatic carbocycles. The minimum Gasteiger partial charge on any atom is -0.368 e. The molecule has 0 aromatic carbocycles. The van der Waals surface area contributed by atoms with E-state index in [1.807, 2.05) is 6.92 Å². The molecule has 0 saturated heterocycles. The topological polar surface area (TPSA) is 84.7 Å². The third kappa shape index (κ3) is 3.98. The van der Waals surface area contributed by atoms with Crippen LogP contribution in [-0.2, 0) is 6.54 Å². The van der Waals surface area contributed by atoms with Crippen molar-refractivity contribution in [2.24, 2.45) is 0 Å². The fourth-order valence-corrected chi connectivity index (χ4v) is 1.80. The highest BCUT2D eigenvalue weighted by Crippen LogP contribution is 2.14. The molecule has 2 aromatic heterocycles. The van der Waals surface area contributed by atoms with E-state index in [-0.39, 0.29) is 11.4 Å². The van der Waals surface area contributed by atoms with E-state index < -0.39 is 11.7 Å². The number of anilines is 1. The van der Waals surface area contributed by atoms with Crippen LogP contribution in [0.4, 0.5) is 10.2 Å². The van der Waals surface area contributed by atoms with Gasteiger partial charge in [-0.05, 0) is 19.4 Å². The summed E-state index contributed by atoms with van der Waals surface area (Å²) < 4.78 is 15.7. The number of hydrogen-bond acceptors (Lipinski definition) is 5. The van der Waals surface area contributed by atoms with Crippen molar-refractivity contribution in [1.29, 1.82) is 0 Å². The maximum absolute atomic E-state index is 14.0. The first-order valence-electron chi connectivity index (χ1n) is 6.73. The first-order valence-corrected chi connectivity index (χ1v) is 6.73. The third-order valence-electron chi connectivity index (χ3n) is 2.80. The Hall–Kier alpha value is -2.51. The normalized spacial score (nSPS) is 10.4. The molecule has 112 valence electrons. The molecule has 2 rings (SSSR count). The van der Waals surface area contributed by atoms with Gasteiger partial charge < -0.3 is 10.6 Å². The zero-order chi connectivity index (χ0) is 15.1. The number of nitrogens with zero attached hydrogens (tertiary/aromatic N) is 4. The van der Waals surface area contributed by atoms with Crippen LogP contribution in [0.2, 0.25) is 0 Å². The molecule has 0 saturated carbocycles. The second-order valence-electron chi connectivity index (χ2n) is 4.33. The smallest absolute Gasteiger partial charge is 0.254 e. The van der Waals surface area contributed by atoms with Crippen molar-refractivity contribution in [2.75, 3.05) is 18.4 Å². The summed E-state index contributed by atoms with van der Waals surface area (Å²) >= 11 is 0. The lowest BCUT2D eigenvalue weighted by atomic mass is 10.2. The van der Waals surface area contributed by atoms with Gasteiger partial charge in [-0.3, -0.25) is 9.48 Å². The van der Waals surface area contributed by atoms with Crippen LogP contribution in [-0.4, -0.2) is 39.0 Å². The fourth-order valence-electron chi connectivity index (χ4n) is 1.80. The Morgan fingerprint density at radius 1 is 1.43 bits per heavy atom. The predicted octanol–water partition coefficient (Wildman–Crippen LogP) is 1.06. The number of aryl methyl sites for hydroxylation is 1. The van der Waals surface area contributed by atoms with Crippen molar-refractivity contribution < 1.29 is 9.18 Å². The van der Waals surface area contributed by atoms with Gasteiger partial charge in [0.15, 0.2) is 11.6 Å². The number of carbonyl (C=O) groups is 1. The number of amides is 1. The Labute approximate surface area is 121 Å². The van der Waals surface area contributed by atoms with Crippen LogP contribution in [0.3, 0.4) is 0 Å². The number of halogens is 1. The summed E-state index contributed by atoms with van der Waals surface area (Å²) in [6, 6.07) is 1.36. The highest BCUT2D eigenvalue weighted by Gasteiger charge is 2.15. The molecule has 0 aliphatic heterocycles. The molecular weight excluding hydrogens is 275 g/mol. The minimum absolute atomic E-state index is 0.0123. The van der Waals surface area contributed by atoms with E-state index in [0.29, 0.717) is 26.1 Å². The fraction of sp³-hybridized carbons (Fsp3) is 0.385. The summed E-state index contributed by atoms with van der Waals surface area (Å²) in [5, 5.41) is 12.9. The molecular formula is C13H17FN6O. The van der Waals surface area contributed by atoms with Crippen molar-refractivity contribution in [1.82, 2.24) is 25.3 Å². The predicted molar refractivity (Wildman–Crippen MR) is 75.3 cm³/mol. The molecule has 7 nitrogen and oxygen atoms in total. The lowest BCUT2D eigenvalue weighted by molar-refractivity contribution is 0.0948. The van der Waals surface area contributed by atoms with Crippen molar-refractivity contribution in [3.8, 4) is 0 Å². The largest absolute Gasteiger partial charge is 0.368 e. The van der Waals surface area contributed by atoms with E-state index in [2.05, 4.69) is 25.9 Å². The van der Waals surface area contributed by atoms with E-state index in [0.717, 1.165) is 0 Å². The number of carbonyl (C=O) groups excluding carboxylic acids is 1. The van der Waals surface area contributed by atoms with Crippen LogP contribution in [0.25, 0.3) is 0 Å². The molecule has 0 fully saturated rings. The molecule has 0 bridgehead atoms. The van der Waals surface area contributed by atoms with E-state index in [1.54, 1.807) is 17.1 Å². The molecule has 2 heterocycles. The quantitative estimate of drug-likeness (QED) is 0.746. The van der Waals surface area contributed by atoms with Crippen molar-refractivity contribution in [3.63, 3.8) is 0 Å². The number of rotatable bonds is 7. The summed E-state index contributed by atoms with van der Waals surface area (Å²) in [5.41, 5.74) is -0.0123. The van der Waals surface area contributed by atoms with Gasteiger partial charge in [0.2, 0.25) is 0 Å². The highest BCUT2D eigenvalue weighted by molar-refractivity contribution is 5.95. The Morgan fingerprint density at radius 2 is 2.29 bits per heavy atom. The molecule has 0 radical (unpaired) electrons. The van der Waals surface area contributed by atoms with Gasteiger partial charge in [0.1, 0.15) is 0 Å². The van der Waals surface area contributed by atoms with Crippen molar-refractivity contribution in [3.05, 3.63) is 36.0 Å². The van der Waals surface area contributed by atoms with Crippen LogP contribution < -0.4 is 10.6 Å². The molecule has 0 atom stereocenters. The third-order valence-corrected chi connectivity index (χ3v) is 2.80. The van der Waals surface area contributed by atoms with E-state index >= 15 is 0 Å². The Bertz CT molecular complexity index is 586. The molecule has 0 spiro atoms. The minimum atomic E-state index is -0.631. The second-order valence-corrected chi connectivity index (χ2v) is 4.33. The van der Waals surface area contributed by atoms with Gasteiger partial charge in [0.25, 0.3) is 5.91 Å². The van der Waals surface area contributed by atoms with Crippen molar-refractivity contribution >= 4 is 11.7 Å². The number of pyridine rings is 1. The number of hydrogen-bond donors (Lipinski definition) is 2. The van der Waals surface area contributed by atoms with Gasteiger partial charge in [-0.2, -0.15) is 0 Å². The zero-order valence-electron chi connectivity index (χ0n) is 11.7. The van der Waals surface area contributed by atoms with Crippen molar-refractivity contribution in [2.45, 2.75) is 19.9 Å². The van der Waals surface area contributed by atoms with Crippen LogP contribution in [0.5, 0.6) is 0 Å². The highest BCUT2D eigenvalue weighted by atomic mass is 19.1. The summed E-state index contributed by atoms with van der Waals surface area (Å²) in [6.07, 6.45) is 5.42. The summed E-state index contributed by atoms with van der Waals surface area (Å²) in [5.74, 6) is -0.992. The standard InChI is InChI=1S/C13H17FN6O/c1-2-15-12-11(14)10(4-6-16-12)13(21)17-5-3-8-20-9-7-18-19-20/h4,6-7,9H,2-3,5,8H2,1H3,(H,15,16)(H,17,21). The molecule has 8 heteroatoms. The molecule has 0 unspecified atom stereocenters. The second kappa shape index (κ2) is 7.32. The lowest BCUT2D eigenvalue weighted by Crippen LogP contribution is -2.26. The lowest BCUT2D eigenvalue weighted by Gasteiger charge is -2.09.